The summed E-state index contributed by atoms with van der Waals surface area (Å²) in [4.78, 5) is 6.77. The van der Waals surface area contributed by atoms with E-state index in [9.17, 15) is 0 Å². The van der Waals surface area contributed by atoms with Crippen LogP contribution in [-0.2, 0) is 0 Å². The van der Waals surface area contributed by atoms with Gasteiger partial charge in [-0.15, -0.1) is 0 Å². The summed E-state index contributed by atoms with van der Waals surface area (Å²) in [6.07, 6.45) is 3.63. The number of nitrogens with zero attached hydrogens (tertiary/aromatic N) is 3. The van der Waals surface area contributed by atoms with Crippen molar-refractivity contribution in [3.63, 3.8) is 0 Å². The highest BCUT2D eigenvalue weighted by atomic mass is 16.5. The Morgan fingerprint density at radius 3 is 3.00 bits per heavy atom. The van der Waals surface area contributed by atoms with Crippen LogP contribution >= 0.6 is 0 Å². The summed E-state index contributed by atoms with van der Waals surface area (Å²) in [6.45, 7) is 3.14. The van der Waals surface area contributed by atoms with E-state index in [1.807, 2.05) is 14.0 Å². The van der Waals surface area contributed by atoms with Gasteiger partial charge in [0.15, 0.2) is 5.82 Å². The number of piperidine rings is 1. The van der Waals surface area contributed by atoms with Crippen LogP contribution in [0.3, 0.4) is 0 Å². The van der Waals surface area contributed by atoms with E-state index >= 15 is 0 Å². The molecule has 1 aliphatic rings. The lowest BCUT2D eigenvalue weighted by Gasteiger charge is -2.29. The zero-order chi connectivity index (χ0) is 11.5. The maximum Gasteiger partial charge on any atom is 0.244 e. The minimum Gasteiger partial charge on any atom is -0.338 e. The Kier molecular flexibility index (Phi) is 3.56. The number of hydrogen-bond donors (Lipinski definition) is 1. The molecular weight excluding hydrogens is 204 g/mol. The zero-order valence-electron chi connectivity index (χ0n) is 10.2. The molecule has 1 saturated heterocycles. The predicted octanol–water partition coefficient (Wildman–Crippen LogP) is 1.51. The minimum atomic E-state index is 0.145. The van der Waals surface area contributed by atoms with Gasteiger partial charge in [0.2, 0.25) is 5.89 Å². The first-order valence-electron chi connectivity index (χ1n) is 5.93. The second-order valence-electron chi connectivity index (χ2n) is 4.49. The molecule has 2 heterocycles. The molecule has 1 aliphatic heterocycles. The van der Waals surface area contributed by atoms with Crippen LogP contribution in [0.4, 0.5) is 0 Å². The minimum absolute atomic E-state index is 0.145. The maximum atomic E-state index is 5.35. The van der Waals surface area contributed by atoms with Crippen LogP contribution in [0.2, 0.25) is 0 Å². The Morgan fingerprint density at radius 2 is 2.31 bits per heavy atom. The van der Waals surface area contributed by atoms with Crippen molar-refractivity contribution in [3.8, 4) is 0 Å². The molecule has 0 radical (unpaired) electrons. The zero-order valence-corrected chi connectivity index (χ0v) is 10.2. The van der Waals surface area contributed by atoms with Crippen molar-refractivity contribution < 1.29 is 4.52 Å². The standard InChI is InChI=1S/C11H20N4O/c1-8(12-2)10-13-11(16-14-10)9-6-4-5-7-15(9)3/h8-9,12H,4-7H2,1-3H3. The van der Waals surface area contributed by atoms with Crippen LogP contribution in [0.25, 0.3) is 0 Å². The molecule has 2 rings (SSSR count). The highest BCUT2D eigenvalue weighted by Crippen LogP contribution is 2.28. The fraction of sp³-hybridized carbons (Fsp3) is 0.818. The van der Waals surface area contributed by atoms with Gasteiger partial charge >= 0.3 is 0 Å². The molecule has 16 heavy (non-hydrogen) atoms. The van der Waals surface area contributed by atoms with Gasteiger partial charge < -0.3 is 9.84 Å². The molecule has 1 aromatic heterocycles. The van der Waals surface area contributed by atoms with E-state index in [-0.39, 0.29) is 6.04 Å². The summed E-state index contributed by atoms with van der Waals surface area (Å²) in [5.41, 5.74) is 0. The number of hydrogen-bond acceptors (Lipinski definition) is 5. The average Bonchev–Trinajstić information content (AvgIpc) is 2.78. The molecule has 5 heteroatoms. The highest BCUT2D eigenvalue weighted by molar-refractivity contribution is 4.97. The van der Waals surface area contributed by atoms with Crippen LogP contribution in [0.15, 0.2) is 4.52 Å². The average molecular weight is 224 g/mol. The molecule has 2 unspecified atom stereocenters. The second kappa shape index (κ2) is 4.93. The Bertz CT molecular complexity index is 338. The van der Waals surface area contributed by atoms with Crippen molar-refractivity contribution >= 4 is 0 Å². The Labute approximate surface area is 96.2 Å². The van der Waals surface area contributed by atoms with E-state index in [1.165, 1.54) is 12.8 Å². The van der Waals surface area contributed by atoms with Gasteiger partial charge in [-0.1, -0.05) is 11.6 Å². The lowest BCUT2D eigenvalue weighted by atomic mass is 10.0. The largest absolute Gasteiger partial charge is 0.338 e. The van der Waals surface area contributed by atoms with Crippen molar-refractivity contribution in [1.82, 2.24) is 20.4 Å². The normalized spacial score (nSPS) is 24.6. The van der Waals surface area contributed by atoms with Gasteiger partial charge in [0.05, 0.1) is 12.1 Å². The lowest BCUT2D eigenvalue weighted by molar-refractivity contribution is 0.150. The second-order valence-corrected chi connectivity index (χ2v) is 4.49. The third kappa shape index (κ3) is 2.25. The maximum absolute atomic E-state index is 5.35. The fourth-order valence-electron chi connectivity index (χ4n) is 2.07. The topological polar surface area (TPSA) is 54.2 Å². The molecular formula is C11H20N4O. The molecule has 2 atom stereocenters. The van der Waals surface area contributed by atoms with Gasteiger partial charge in [-0.3, -0.25) is 4.90 Å². The number of nitrogens with one attached hydrogen (secondary N) is 1. The van der Waals surface area contributed by atoms with Crippen molar-refractivity contribution in [2.24, 2.45) is 0 Å². The van der Waals surface area contributed by atoms with Crippen molar-refractivity contribution in [2.45, 2.75) is 38.3 Å². The van der Waals surface area contributed by atoms with E-state index in [0.29, 0.717) is 6.04 Å². The van der Waals surface area contributed by atoms with Gasteiger partial charge in [-0.25, -0.2) is 0 Å². The van der Waals surface area contributed by atoms with E-state index in [4.69, 9.17) is 4.52 Å². The van der Waals surface area contributed by atoms with E-state index in [0.717, 1.165) is 24.7 Å². The third-order valence-electron chi connectivity index (χ3n) is 3.33. The summed E-state index contributed by atoms with van der Waals surface area (Å²) in [6, 6.07) is 0.449. The Morgan fingerprint density at radius 1 is 1.50 bits per heavy atom. The van der Waals surface area contributed by atoms with Crippen LogP contribution < -0.4 is 5.32 Å². The fourth-order valence-corrected chi connectivity index (χ4v) is 2.07. The molecule has 1 aromatic rings. The van der Waals surface area contributed by atoms with Gasteiger partial charge in [-0.2, -0.15) is 4.98 Å². The van der Waals surface area contributed by atoms with Gasteiger partial charge in [-0.05, 0) is 40.4 Å². The number of rotatable bonds is 3. The Balaban J connectivity index is 2.11. The summed E-state index contributed by atoms with van der Waals surface area (Å²) >= 11 is 0. The monoisotopic (exact) mass is 224 g/mol. The molecule has 1 fully saturated rings. The first-order valence-corrected chi connectivity index (χ1v) is 5.93. The van der Waals surface area contributed by atoms with Gasteiger partial charge in [0.25, 0.3) is 0 Å². The molecule has 0 aromatic carbocycles. The summed E-state index contributed by atoms with van der Waals surface area (Å²) in [5.74, 6) is 1.51. The summed E-state index contributed by atoms with van der Waals surface area (Å²) < 4.78 is 5.35. The molecule has 5 nitrogen and oxygen atoms in total. The van der Waals surface area contributed by atoms with E-state index in [1.54, 1.807) is 0 Å². The van der Waals surface area contributed by atoms with Gasteiger partial charge in [0.1, 0.15) is 0 Å². The predicted molar refractivity (Wildman–Crippen MR) is 61.0 cm³/mol. The molecule has 0 saturated carbocycles. The van der Waals surface area contributed by atoms with E-state index in [2.05, 4.69) is 27.4 Å². The highest BCUT2D eigenvalue weighted by Gasteiger charge is 2.26. The summed E-state index contributed by atoms with van der Waals surface area (Å²) in [5, 5.41) is 7.13. The van der Waals surface area contributed by atoms with Crippen LogP contribution in [-0.4, -0.2) is 35.7 Å². The molecule has 90 valence electrons. The van der Waals surface area contributed by atoms with Crippen molar-refractivity contribution in [1.29, 1.82) is 0 Å². The van der Waals surface area contributed by atoms with Crippen LogP contribution in [0.5, 0.6) is 0 Å². The summed E-state index contributed by atoms with van der Waals surface area (Å²) in [7, 11) is 4.02. The molecule has 0 bridgehead atoms. The van der Waals surface area contributed by atoms with Gasteiger partial charge in [0, 0.05) is 0 Å². The van der Waals surface area contributed by atoms with Crippen LogP contribution in [0, 0.1) is 0 Å². The third-order valence-corrected chi connectivity index (χ3v) is 3.33. The van der Waals surface area contributed by atoms with Crippen molar-refractivity contribution in [2.75, 3.05) is 20.6 Å². The molecule has 0 aliphatic carbocycles. The molecule has 0 spiro atoms. The first kappa shape index (κ1) is 11.5. The SMILES string of the molecule is CNC(C)c1noc(C2CCCCN2C)n1. The smallest absolute Gasteiger partial charge is 0.244 e. The lowest BCUT2D eigenvalue weighted by Crippen LogP contribution is -2.29. The van der Waals surface area contributed by atoms with Crippen LogP contribution in [0.1, 0.15) is 50.0 Å². The number of likely N-dealkylation sites (tertiary alicyclic amines) is 1. The van der Waals surface area contributed by atoms with E-state index < -0.39 is 0 Å². The molecule has 0 amide bonds. The first-order chi connectivity index (χ1) is 7.72. The Hall–Kier alpha value is -0.940. The van der Waals surface area contributed by atoms with Crippen molar-refractivity contribution in [3.05, 3.63) is 11.7 Å². The number of aromatic nitrogens is 2. The quantitative estimate of drug-likeness (QED) is 0.843. The molecule has 1 N–H and O–H groups in total.